The maximum absolute atomic E-state index is 12.9. The Morgan fingerprint density at radius 3 is 2.79 bits per heavy atom. The molecule has 1 aromatic carbocycles. The Kier molecular flexibility index (Phi) is 5.90. The van der Waals surface area contributed by atoms with Crippen molar-refractivity contribution in [1.29, 1.82) is 0 Å². The van der Waals surface area contributed by atoms with Crippen molar-refractivity contribution in [3.63, 3.8) is 0 Å². The lowest BCUT2D eigenvalue weighted by molar-refractivity contribution is -0.127. The van der Waals surface area contributed by atoms with Gasteiger partial charge in [-0.1, -0.05) is 17.7 Å². The Balaban J connectivity index is 1.98. The second kappa shape index (κ2) is 8.19. The van der Waals surface area contributed by atoms with E-state index in [2.05, 4.69) is 20.3 Å². The van der Waals surface area contributed by atoms with E-state index in [4.69, 9.17) is 17.3 Å². The van der Waals surface area contributed by atoms with Crippen molar-refractivity contribution >= 4 is 28.7 Å². The van der Waals surface area contributed by atoms with Crippen LogP contribution in [-0.2, 0) is 13.0 Å². The highest BCUT2D eigenvalue weighted by Crippen LogP contribution is 2.26. The van der Waals surface area contributed by atoms with E-state index < -0.39 is 18.3 Å². The fourth-order valence-electron chi connectivity index (χ4n) is 2.78. The van der Waals surface area contributed by atoms with Gasteiger partial charge in [0.25, 0.3) is 0 Å². The molecule has 3 rings (SSSR count). The monoisotopic (exact) mass is 414 g/mol. The van der Waals surface area contributed by atoms with E-state index in [9.17, 15) is 18.0 Å². The van der Waals surface area contributed by atoms with Crippen molar-refractivity contribution in [1.82, 2.24) is 19.5 Å². The highest BCUT2D eigenvalue weighted by Gasteiger charge is 2.29. The summed E-state index contributed by atoms with van der Waals surface area (Å²) in [4.78, 5) is 23.4. The Morgan fingerprint density at radius 1 is 1.29 bits per heavy atom. The summed E-state index contributed by atoms with van der Waals surface area (Å²) in [6.45, 7) is 0.950. The number of benzene rings is 1. The Morgan fingerprint density at radius 2 is 2.07 bits per heavy atom. The Bertz CT molecular complexity index is 1030. The first-order valence-electron chi connectivity index (χ1n) is 8.50. The third-order valence-electron chi connectivity index (χ3n) is 4.06. The average Bonchev–Trinajstić information content (AvgIpc) is 2.92. The van der Waals surface area contributed by atoms with Crippen LogP contribution in [0.3, 0.4) is 0 Å². The fourth-order valence-corrected chi connectivity index (χ4v) is 2.97. The minimum Gasteiger partial charge on any atom is -0.354 e. The van der Waals surface area contributed by atoms with Crippen molar-refractivity contribution in [2.24, 2.45) is 5.73 Å². The smallest absolute Gasteiger partial charge is 0.354 e. The van der Waals surface area contributed by atoms with Gasteiger partial charge in [-0.2, -0.15) is 18.2 Å². The van der Waals surface area contributed by atoms with Crippen molar-refractivity contribution in [2.75, 3.05) is 18.4 Å². The molecule has 0 bridgehead atoms. The van der Waals surface area contributed by atoms with Gasteiger partial charge in [-0.3, -0.25) is 4.57 Å². The number of nitrogens with two attached hydrogens (primary N) is 1. The molecule has 7 nitrogen and oxygen atoms in total. The van der Waals surface area contributed by atoms with Gasteiger partial charge in [0.1, 0.15) is 5.52 Å². The predicted octanol–water partition coefficient (Wildman–Crippen LogP) is 2.69. The van der Waals surface area contributed by atoms with E-state index in [0.29, 0.717) is 36.5 Å². The van der Waals surface area contributed by atoms with Crippen LogP contribution in [0.5, 0.6) is 0 Å². The van der Waals surface area contributed by atoms with Crippen LogP contribution in [0, 0.1) is 0 Å². The molecule has 28 heavy (non-hydrogen) atoms. The Hall–Kier alpha value is -2.59. The molecule has 11 heteroatoms. The second-order valence-electron chi connectivity index (χ2n) is 6.22. The number of alkyl halides is 3. The summed E-state index contributed by atoms with van der Waals surface area (Å²) in [5.41, 5.74) is 5.96. The molecular weight excluding hydrogens is 397 g/mol. The van der Waals surface area contributed by atoms with Gasteiger partial charge in [0.2, 0.25) is 5.95 Å². The molecule has 0 unspecified atom stereocenters. The van der Waals surface area contributed by atoms with Crippen molar-refractivity contribution < 1.29 is 13.2 Å². The van der Waals surface area contributed by atoms with Crippen LogP contribution in [0.1, 0.15) is 17.5 Å². The lowest BCUT2D eigenvalue weighted by Gasteiger charge is -2.13. The van der Waals surface area contributed by atoms with Gasteiger partial charge in [0.15, 0.2) is 5.65 Å². The number of rotatable bonds is 7. The number of nitrogens with one attached hydrogen (secondary N) is 2. The third kappa shape index (κ3) is 4.82. The van der Waals surface area contributed by atoms with Gasteiger partial charge in [-0.15, -0.1) is 0 Å². The number of halogens is 4. The average molecular weight is 415 g/mol. The van der Waals surface area contributed by atoms with E-state index in [0.717, 1.165) is 0 Å². The number of aromatic nitrogens is 4. The molecule has 0 amide bonds. The van der Waals surface area contributed by atoms with Gasteiger partial charge in [0, 0.05) is 11.6 Å². The van der Waals surface area contributed by atoms with Gasteiger partial charge in [-0.25, -0.2) is 9.78 Å². The molecule has 3 aromatic rings. The summed E-state index contributed by atoms with van der Waals surface area (Å²) < 4.78 is 39.9. The predicted molar refractivity (Wildman–Crippen MR) is 101 cm³/mol. The van der Waals surface area contributed by atoms with E-state index in [-0.39, 0.29) is 22.8 Å². The second-order valence-corrected chi connectivity index (χ2v) is 6.66. The molecule has 0 saturated heterocycles. The number of hydrogen-bond donors (Lipinski definition) is 3. The van der Waals surface area contributed by atoms with Crippen LogP contribution in [-0.4, -0.2) is 38.8 Å². The highest BCUT2D eigenvalue weighted by atomic mass is 35.5. The molecule has 2 heterocycles. The molecule has 4 N–H and O–H groups in total. The zero-order valence-corrected chi connectivity index (χ0v) is 15.4. The maximum Gasteiger partial charge on any atom is 0.393 e. The zero-order valence-electron chi connectivity index (χ0n) is 14.7. The number of fused-ring (bicyclic) bond motifs is 1. The largest absolute Gasteiger partial charge is 0.393 e. The molecule has 0 aliphatic carbocycles. The molecule has 0 fully saturated rings. The lowest BCUT2D eigenvalue weighted by Crippen LogP contribution is -2.20. The summed E-state index contributed by atoms with van der Waals surface area (Å²) in [7, 11) is 0. The Labute approximate surface area is 162 Å². The van der Waals surface area contributed by atoms with Gasteiger partial charge in [0.05, 0.1) is 19.2 Å². The normalized spacial score (nSPS) is 11.9. The van der Waals surface area contributed by atoms with Crippen LogP contribution < -0.4 is 16.7 Å². The van der Waals surface area contributed by atoms with Crippen LogP contribution in [0.2, 0.25) is 5.02 Å². The number of anilines is 1. The molecule has 0 saturated carbocycles. The number of aromatic amines is 1. The van der Waals surface area contributed by atoms with Crippen molar-refractivity contribution in [3.05, 3.63) is 51.0 Å². The van der Waals surface area contributed by atoms with Crippen LogP contribution in [0.15, 0.2) is 29.2 Å². The van der Waals surface area contributed by atoms with Crippen molar-refractivity contribution in [3.8, 4) is 0 Å². The molecular formula is C17H18ClF3N6O. The molecule has 0 aliphatic rings. The first-order chi connectivity index (χ1) is 13.3. The first-order valence-corrected chi connectivity index (χ1v) is 8.88. The van der Waals surface area contributed by atoms with Crippen molar-refractivity contribution in [2.45, 2.75) is 25.6 Å². The van der Waals surface area contributed by atoms with E-state index in [1.807, 2.05) is 0 Å². The van der Waals surface area contributed by atoms with Gasteiger partial charge in [-0.05, 0) is 36.2 Å². The summed E-state index contributed by atoms with van der Waals surface area (Å²) in [6, 6.07) is 4.14. The third-order valence-corrected chi connectivity index (χ3v) is 4.30. The van der Waals surface area contributed by atoms with Gasteiger partial charge >= 0.3 is 11.9 Å². The van der Waals surface area contributed by atoms with Gasteiger partial charge < -0.3 is 16.0 Å². The minimum atomic E-state index is -4.38. The van der Waals surface area contributed by atoms with Crippen LogP contribution in [0.4, 0.5) is 19.1 Å². The highest BCUT2D eigenvalue weighted by molar-refractivity contribution is 6.30. The molecule has 0 radical (unpaired) electrons. The molecule has 0 spiro atoms. The summed E-state index contributed by atoms with van der Waals surface area (Å²) in [5, 5.41) is 3.27. The summed E-state index contributed by atoms with van der Waals surface area (Å²) >= 11 is 5.96. The lowest BCUT2D eigenvalue weighted by atomic mass is 10.0. The first kappa shape index (κ1) is 20.2. The van der Waals surface area contributed by atoms with E-state index in [1.54, 1.807) is 0 Å². The maximum atomic E-state index is 12.9. The zero-order chi connectivity index (χ0) is 20.3. The van der Waals surface area contributed by atoms with Crippen LogP contribution in [0.25, 0.3) is 11.2 Å². The SMILES string of the molecule is NCCCNc1ncc2[nH]c(=O)n(Cc3cc(Cl)ccc3CC(F)(F)F)c2n1. The molecule has 150 valence electrons. The quantitative estimate of drug-likeness (QED) is 0.516. The summed E-state index contributed by atoms with van der Waals surface area (Å²) in [5.74, 6) is 0.301. The fraction of sp³-hybridized carbons (Fsp3) is 0.353. The molecule has 2 aromatic heterocycles. The number of hydrogen-bond acceptors (Lipinski definition) is 5. The standard InChI is InChI=1S/C17H18ClF3N6O/c18-12-3-2-10(7-17(19,20)21)11(6-12)9-27-14-13(25-16(27)28)8-24-15(26-14)23-5-1-4-22/h2-3,6,8H,1,4-5,7,9,22H2,(H,25,28)(H,23,24,26). The topological polar surface area (TPSA) is 102 Å². The number of nitrogens with zero attached hydrogens (tertiary/aromatic N) is 3. The van der Waals surface area contributed by atoms with E-state index in [1.165, 1.54) is 29.0 Å². The van der Waals surface area contributed by atoms with E-state index >= 15 is 0 Å². The molecule has 0 atom stereocenters. The number of H-pyrrole nitrogens is 1. The molecule has 0 aliphatic heterocycles. The number of imidazole rings is 1. The minimum absolute atomic E-state index is 0.0495. The van der Waals surface area contributed by atoms with Crippen LogP contribution >= 0.6 is 11.6 Å². The summed E-state index contributed by atoms with van der Waals surface area (Å²) in [6.07, 6.45) is -3.34.